The Morgan fingerprint density at radius 3 is 3.00 bits per heavy atom. The van der Waals surface area contributed by atoms with E-state index in [2.05, 4.69) is 32.3 Å². The molecular weight excluding hydrogens is 246 g/mol. The smallest absolute Gasteiger partial charge is 0.257 e. The lowest BCUT2D eigenvalue weighted by molar-refractivity contribution is 0.185. The van der Waals surface area contributed by atoms with E-state index in [0.29, 0.717) is 18.5 Å². The molecule has 0 spiro atoms. The number of nitrogens with two attached hydrogens (primary N) is 1. The normalized spacial score (nSPS) is 22.6. The third-order valence-electron chi connectivity index (χ3n) is 2.98. The monoisotopic (exact) mass is 261 g/mol. The second kappa shape index (κ2) is 4.47. The highest BCUT2D eigenvalue weighted by Crippen LogP contribution is 2.22. The van der Waals surface area contributed by atoms with Gasteiger partial charge >= 0.3 is 0 Å². The van der Waals surface area contributed by atoms with E-state index in [-0.39, 0.29) is 11.5 Å². The first kappa shape index (κ1) is 11.8. The molecule has 8 heteroatoms. The first-order valence-electron chi connectivity index (χ1n) is 6.02. The molecule has 1 fully saturated rings. The van der Waals surface area contributed by atoms with Crippen molar-refractivity contribution in [2.24, 2.45) is 0 Å². The van der Waals surface area contributed by atoms with Gasteiger partial charge in [0.1, 0.15) is 0 Å². The molecule has 1 atom stereocenters. The van der Waals surface area contributed by atoms with Crippen LogP contribution in [0.1, 0.15) is 13.3 Å². The number of hydrogen-bond acceptors (Lipinski definition) is 7. The highest BCUT2D eigenvalue weighted by Gasteiger charge is 2.30. The van der Waals surface area contributed by atoms with E-state index in [4.69, 9.17) is 10.5 Å². The van der Waals surface area contributed by atoms with E-state index in [9.17, 15) is 0 Å². The predicted molar refractivity (Wildman–Crippen MR) is 68.8 cm³/mol. The first-order valence-corrected chi connectivity index (χ1v) is 6.02. The van der Waals surface area contributed by atoms with Gasteiger partial charge in [-0.2, -0.15) is 20.1 Å². The van der Waals surface area contributed by atoms with Crippen LogP contribution in [0.25, 0.3) is 5.95 Å². The van der Waals surface area contributed by atoms with Crippen molar-refractivity contribution in [2.75, 3.05) is 24.3 Å². The Balaban J connectivity index is 1.90. The molecule has 0 amide bonds. The zero-order valence-corrected chi connectivity index (χ0v) is 10.6. The highest BCUT2D eigenvalue weighted by atomic mass is 16.5. The van der Waals surface area contributed by atoms with Crippen LogP contribution >= 0.6 is 0 Å². The number of hydrogen-bond donors (Lipinski definition) is 2. The van der Waals surface area contributed by atoms with Crippen LogP contribution in [-0.2, 0) is 4.74 Å². The number of aromatic nitrogens is 5. The zero-order valence-electron chi connectivity index (χ0n) is 10.6. The van der Waals surface area contributed by atoms with Crippen LogP contribution in [0.5, 0.6) is 0 Å². The van der Waals surface area contributed by atoms with Gasteiger partial charge in [-0.3, -0.25) is 0 Å². The fourth-order valence-corrected chi connectivity index (χ4v) is 1.96. The third-order valence-corrected chi connectivity index (χ3v) is 2.98. The number of rotatable bonds is 3. The standard InChI is InChI=1S/C11H15N7O/c1-11(3-6-19-7-11)17-9-14-8(12)15-10(16-9)18-5-2-4-13-18/h2,4-5H,3,6-7H2,1H3,(H3,12,14,15,16,17). The van der Waals surface area contributed by atoms with Gasteiger partial charge in [0.2, 0.25) is 11.9 Å². The Bertz CT molecular complexity index is 562. The van der Waals surface area contributed by atoms with Crippen LogP contribution in [0.4, 0.5) is 11.9 Å². The molecule has 3 N–H and O–H groups in total. The summed E-state index contributed by atoms with van der Waals surface area (Å²) in [6, 6.07) is 1.79. The van der Waals surface area contributed by atoms with Crippen molar-refractivity contribution in [3.63, 3.8) is 0 Å². The van der Waals surface area contributed by atoms with Crippen molar-refractivity contribution in [3.8, 4) is 5.95 Å². The lowest BCUT2D eigenvalue weighted by atomic mass is 10.0. The van der Waals surface area contributed by atoms with Crippen LogP contribution < -0.4 is 11.1 Å². The van der Waals surface area contributed by atoms with Crippen LogP contribution in [0.3, 0.4) is 0 Å². The van der Waals surface area contributed by atoms with Crippen molar-refractivity contribution in [3.05, 3.63) is 18.5 Å². The summed E-state index contributed by atoms with van der Waals surface area (Å²) in [5, 5.41) is 7.33. The molecular formula is C11H15N7O. The van der Waals surface area contributed by atoms with Crippen LogP contribution in [0.2, 0.25) is 0 Å². The lowest BCUT2D eigenvalue weighted by Gasteiger charge is -2.23. The molecule has 2 aromatic heterocycles. The van der Waals surface area contributed by atoms with E-state index in [1.807, 2.05) is 0 Å². The number of nitrogen functional groups attached to an aromatic ring is 1. The molecule has 2 aromatic rings. The second-order valence-electron chi connectivity index (χ2n) is 4.76. The van der Waals surface area contributed by atoms with E-state index in [1.165, 1.54) is 4.68 Å². The quantitative estimate of drug-likeness (QED) is 0.815. The molecule has 1 aliphatic rings. The van der Waals surface area contributed by atoms with Crippen molar-refractivity contribution >= 4 is 11.9 Å². The number of nitrogens with one attached hydrogen (secondary N) is 1. The van der Waals surface area contributed by atoms with Gasteiger partial charge in [0.15, 0.2) is 0 Å². The molecule has 0 saturated carbocycles. The molecule has 3 heterocycles. The second-order valence-corrected chi connectivity index (χ2v) is 4.76. The summed E-state index contributed by atoms with van der Waals surface area (Å²) in [6.07, 6.45) is 4.30. The summed E-state index contributed by atoms with van der Waals surface area (Å²) in [5.74, 6) is 0.985. The van der Waals surface area contributed by atoms with Gasteiger partial charge < -0.3 is 15.8 Å². The van der Waals surface area contributed by atoms with Crippen LogP contribution in [-0.4, -0.2) is 43.5 Å². The minimum Gasteiger partial charge on any atom is -0.379 e. The largest absolute Gasteiger partial charge is 0.379 e. The summed E-state index contributed by atoms with van der Waals surface area (Å²) < 4.78 is 6.92. The molecule has 19 heavy (non-hydrogen) atoms. The van der Waals surface area contributed by atoms with Gasteiger partial charge in [-0.1, -0.05) is 0 Å². The maximum Gasteiger partial charge on any atom is 0.257 e. The lowest BCUT2D eigenvalue weighted by Crippen LogP contribution is -2.36. The summed E-state index contributed by atoms with van der Waals surface area (Å²) in [5.41, 5.74) is 5.54. The van der Waals surface area contributed by atoms with E-state index in [1.54, 1.807) is 18.5 Å². The fraction of sp³-hybridized carbons (Fsp3) is 0.455. The average Bonchev–Trinajstić information content (AvgIpc) is 2.99. The molecule has 8 nitrogen and oxygen atoms in total. The van der Waals surface area contributed by atoms with Gasteiger partial charge in [-0.25, -0.2) is 4.68 Å². The fourth-order valence-electron chi connectivity index (χ4n) is 1.96. The summed E-state index contributed by atoms with van der Waals surface area (Å²) in [6.45, 7) is 3.42. The summed E-state index contributed by atoms with van der Waals surface area (Å²) in [7, 11) is 0. The average molecular weight is 261 g/mol. The number of nitrogens with zero attached hydrogens (tertiary/aromatic N) is 5. The van der Waals surface area contributed by atoms with E-state index in [0.717, 1.165) is 13.0 Å². The van der Waals surface area contributed by atoms with Gasteiger partial charge in [-0.05, 0) is 19.4 Å². The first-order chi connectivity index (χ1) is 9.15. The molecule has 0 radical (unpaired) electrons. The van der Waals surface area contributed by atoms with Gasteiger partial charge in [-0.15, -0.1) is 0 Å². The van der Waals surface area contributed by atoms with Gasteiger partial charge in [0, 0.05) is 19.0 Å². The third kappa shape index (κ3) is 2.48. The van der Waals surface area contributed by atoms with Crippen LogP contribution in [0.15, 0.2) is 18.5 Å². The molecule has 0 bridgehead atoms. The molecule has 3 rings (SSSR count). The zero-order chi connectivity index (χ0) is 13.3. The maximum absolute atomic E-state index is 5.71. The van der Waals surface area contributed by atoms with Crippen molar-refractivity contribution in [1.82, 2.24) is 24.7 Å². The van der Waals surface area contributed by atoms with Crippen molar-refractivity contribution < 1.29 is 4.74 Å². The molecule has 1 saturated heterocycles. The Morgan fingerprint density at radius 2 is 2.32 bits per heavy atom. The Hall–Kier alpha value is -2.22. The van der Waals surface area contributed by atoms with Crippen LogP contribution in [0, 0.1) is 0 Å². The topological polar surface area (TPSA) is 104 Å². The highest BCUT2D eigenvalue weighted by molar-refractivity contribution is 5.37. The Kier molecular flexibility index (Phi) is 2.79. The SMILES string of the molecule is CC1(Nc2nc(N)nc(-n3cccn3)n2)CCOC1. The van der Waals surface area contributed by atoms with Gasteiger partial charge in [0.25, 0.3) is 5.95 Å². The molecule has 0 aliphatic carbocycles. The maximum atomic E-state index is 5.71. The predicted octanol–water partition coefficient (Wildman–Crippen LogP) is 0.230. The van der Waals surface area contributed by atoms with E-state index >= 15 is 0 Å². The number of ether oxygens (including phenoxy) is 1. The summed E-state index contributed by atoms with van der Waals surface area (Å²) >= 11 is 0. The summed E-state index contributed by atoms with van der Waals surface area (Å²) in [4.78, 5) is 12.5. The molecule has 1 aliphatic heterocycles. The minimum atomic E-state index is -0.171. The minimum absolute atomic E-state index is 0.158. The Morgan fingerprint density at radius 1 is 1.42 bits per heavy atom. The van der Waals surface area contributed by atoms with Gasteiger partial charge in [0.05, 0.1) is 12.1 Å². The van der Waals surface area contributed by atoms with E-state index < -0.39 is 0 Å². The molecule has 0 aromatic carbocycles. The van der Waals surface area contributed by atoms with Crippen molar-refractivity contribution in [2.45, 2.75) is 18.9 Å². The number of anilines is 2. The Labute approximate surface area is 110 Å². The van der Waals surface area contributed by atoms with Crippen molar-refractivity contribution in [1.29, 1.82) is 0 Å². The molecule has 1 unspecified atom stereocenters. The molecule has 100 valence electrons.